The standard InChI is InChI=1S/4C16H30N.C12H21N.4Li/c1-8-9-10-14(4)15(5)11-12-16(13(2)3)17(6)7;2*1-7-8-9-10-11-15(4)12-13-16(14(2)3)17(5)6;1-7-9-10-11-15(8-2)12-13-16(14(3)4)17(5)6;1-7-11(4)8-9-12(10(2)3)13(5)6;;;;/h14,16H,2,4-5,8-12H2,1,3,6-7H3;2*11,16H,2,4,7-10,12-13H2,1,3,5-6H3;8,16H,2-3,7,9-13H2,1,4-6H3;7,12H,1-2,4,8-9H2,3,5-6H3;;;;/q4*-1;;4*+1/b;15-11+;15-11-;15-8-;;;;;. The predicted octanol–water partition coefficient (Wildman–Crippen LogP) is 9.34. The van der Waals surface area contributed by atoms with Gasteiger partial charge >= 0.3 is 75.4 Å². The summed E-state index contributed by atoms with van der Waals surface area (Å²) < 4.78 is 0. The van der Waals surface area contributed by atoms with Gasteiger partial charge in [-0.1, -0.05) is 216 Å². The molecule has 0 aliphatic carbocycles. The molecule has 0 aromatic rings. The Hall–Kier alpha value is -1.06. The fraction of sp³-hybridized carbons (Fsp3) is 0.658. The third kappa shape index (κ3) is 62.9. The van der Waals surface area contributed by atoms with Crippen LogP contribution in [0, 0.1) is 33.6 Å². The molecule has 0 radical (unpaired) electrons. The fourth-order valence-electron chi connectivity index (χ4n) is 9.83. The van der Waals surface area contributed by atoms with Gasteiger partial charge in [-0.3, -0.25) is 0 Å². The molecular weight excluding hydrogens is 1010 g/mol. The summed E-state index contributed by atoms with van der Waals surface area (Å²) in [7, 11) is 21.1. The van der Waals surface area contributed by atoms with Crippen LogP contribution in [0.2, 0.25) is 0 Å². The van der Waals surface area contributed by atoms with Crippen molar-refractivity contribution in [1.82, 2.24) is 24.5 Å². The van der Waals surface area contributed by atoms with Crippen LogP contribution in [0.4, 0.5) is 0 Å². The topological polar surface area (TPSA) is 16.2 Å². The molecule has 5 nitrogen and oxygen atoms in total. The average Bonchev–Trinajstić information content (AvgIpc) is 3.37. The first-order valence-corrected chi connectivity index (χ1v) is 31.8. The van der Waals surface area contributed by atoms with Crippen molar-refractivity contribution in [2.24, 2.45) is 5.92 Å². The third-order valence-corrected chi connectivity index (χ3v) is 15.3. The second-order valence-corrected chi connectivity index (χ2v) is 24.7. The van der Waals surface area contributed by atoms with Crippen LogP contribution in [-0.2, 0) is 0 Å². The Morgan fingerprint density at radius 1 is 0.388 bits per heavy atom. The van der Waals surface area contributed by atoms with Crippen LogP contribution in [0.3, 0.4) is 0 Å². The Labute approximate surface area is 585 Å². The number of rotatable bonds is 42. The van der Waals surface area contributed by atoms with Crippen LogP contribution in [-0.4, -0.2) is 125 Å². The van der Waals surface area contributed by atoms with E-state index in [0.29, 0.717) is 36.1 Å². The summed E-state index contributed by atoms with van der Waals surface area (Å²) in [5.41, 5.74) is 12.7. The van der Waals surface area contributed by atoms with Crippen molar-refractivity contribution >= 4 is 0 Å². The van der Waals surface area contributed by atoms with Crippen LogP contribution in [0.5, 0.6) is 0 Å². The van der Waals surface area contributed by atoms with Gasteiger partial charge in [0, 0.05) is 30.2 Å². The van der Waals surface area contributed by atoms with Crippen molar-refractivity contribution in [2.45, 2.75) is 253 Å². The zero-order valence-corrected chi connectivity index (χ0v) is 62.2. The Morgan fingerprint density at radius 2 is 0.671 bits per heavy atom. The molecule has 0 heterocycles. The summed E-state index contributed by atoms with van der Waals surface area (Å²) in [6.45, 7) is 67.9. The maximum absolute atomic E-state index is 4.21. The Balaban J connectivity index is -0.000000120. The normalized spacial score (nSPS) is 13.3. The molecule has 0 spiro atoms. The smallest absolute Gasteiger partial charge is 0.336 e. The Morgan fingerprint density at radius 3 is 0.941 bits per heavy atom. The molecule has 6 unspecified atom stereocenters. The minimum atomic E-state index is 0. The largest absolute Gasteiger partial charge is 1.00 e. The van der Waals surface area contributed by atoms with Crippen molar-refractivity contribution in [3.8, 4) is 0 Å². The molecule has 85 heavy (non-hydrogen) atoms. The third-order valence-electron chi connectivity index (χ3n) is 15.3. The second-order valence-electron chi connectivity index (χ2n) is 24.7. The quantitative estimate of drug-likeness (QED) is 0.0199. The number of hydrogen-bond acceptors (Lipinski definition) is 5. The second kappa shape index (κ2) is 67.3. The van der Waals surface area contributed by atoms with Crippen LogP contribution in [0.1, 0.15) is 223 Å². The monoisotopic (exact) mass is 1150 g/mol. The summed E-state index contributed by atoms with van der Waals surface area (Å²) in [6, 6.07) is 2.38. The van der Waals surface area contributed by atoms with E-state index in [1.807, 2.05) is 6.08 Å². The van der Waals surface area contributed by atoms with E-state index in [4.69, 9.17) is 0 Å². The molecule has 0 amide bonds. The zero-order chi connectivity index (χ0) is 63.6. The molecule has 0 rings (SSSR count). The average molecular weight is 1150 g/mol. The Kier molecular flexibility index (Phi) is 81.5. The number of unbranched alkanes of at least 4 members (excludes halogenated alkanes) is 9. The van der Waals surface area contributed by atoms with Gasteiger partial charge in [0.25, 0.3) is 0 Å². The van der Waals surface area contributed by atoms with Gasteiger partial charge in [0.15, 0.2) is 0 Å². The first kappa shape index (κ1) is 103. The zero-order valence-electron chi connectivity index (χ0n) is 62.2. The maximum atomic E-state index is 4.21. The number of hydrogen-bond donors (Lipinski definition) is 0. The SMILES string of the molecule is C=C(C)C(CC/C(=C\[CH2-])CCCCC)N(C)C.C=C(C)C(CC/C([CH2-])=C/CCCCC)N(C)C.C=C(C)C(CC/C([CH2-])=C\CCCCC)N(C)C.C=C(CCC(C(=C)C)N(C)C)C([CH2-])CCCC.C=CC(=C)CCC(C(=C)C)N(C)C.[Li+].[Li+].[Li+].[Li+]. The van der Waals surface area contributed by atoms with E-state index in [2.05, 4.69) is 256 Å². The molecule has 474 valence electrons. The van der Waals surface area contributed by atoms with Gasteiger partial charge in [-0.15, -0.1) is 30.9 Å². The molecule has 9 heteroatoms. The molecule has 0 aliphatic heterocycles. The molecule has 0 saturated heterocycles. The van der Waals surface area contributed by atoms with Gasteiger partial charge in [-0.2, -0.15) is 0 Å². The summed E-state index contributed by atoms with van der Waals surface area (Å²) in [4.78, 5) is 11.2. The van der Waals surface area contributed by atoms with Crippen molar-refractivity contribution in [2.75, 3.05) is 70.5 Å². The first-order valence-electron chi connectivity index (χ1n) is 31.8. The molecule has 0 aliphatic rings. The molecule has 0 saturated carbocycles. The van der Waals surface area contributed by atoms with E-state index >= 15 is 0 Å². The minimum absolute atomic E-state index is 0. The van der Waals surface area contributed by atoms with E-state index in [1.165, 1.54) is 146 Å². The van der Waals surface area contributed by atoms with E-state index in [-0.39, 0.29) is 75.4 Å². The van der Waals surface area contributed by atoms with Gasteiger partial charge in [-0.25, -0.2) is 55.7 Å². The molecule has 6 atom stereocenters. The van der Waals surface area contributed by atoms with Crippen LogP contribution in [0.25, 0.3) is 0 Å². The number of likely N-dealkylation sites (N-methyl/N-ethyl adjacent to an activating group) is 5. The van der Waals surface area contributed by atoms with Gasteiger partial charge < -0.3 is 31.4 Å². The molecule has 0 fully saturated rings. The van der Waals surface area contributed by atoms with Crippen molar-refractivity contribution in [3.05, 3.63) is 160 Å². The van der Waals surface area contributed by atoms with Crippen molar-refractivity contribution in [1.29, 1.82) is 0 Å². The van der Waals surface area contributed by atoms with Crippen LogP contribution in [0.15, 0.2) is 133 Å². The van der Waals surface area contributed by atoms with Crippen LogP contribution < -0.4 is 75.4 Å². The van der Waals surface area contributed by atoms with E-state index in [0.717, 1.165) is 69.8 Å². The summed E-state index contributed by atoms with van der Waals surface area (Å²) in [6.07, 6.45) is 38.5. The molecule has 0 N–H and O–H groups in total. The van der Waals surface area contributed by atoms with Crippen LogP contribution >= 0.6 is 0 Å². The fourth-order valence-corrected chi connectivity index (χ4v) is 9.83. The number of allylic oxidation sites excluding steroid dienone is 9. The minimum Gasteiger partial charge on any atom is -0.336 e. The van der Waals surface area contributed by atoms with E-state index in [9.17, 15) is 0 Å². The summed E-state index contributed by atoms with van der Waals surface area (Å²) >= 11 is 0. The molecule has 0 aromatic heterocycles. The van der Waals surface area contributed by atoms with E-state index in [1.54, 1.807) is 0 Å². The van der Waals surface area contributed by atoms with Crippen molar-refractivity contribution < 1.29 is 75.4 Å². The molecular formula is C76H141Li4N5. The van der Waals surface area contributed by atoms with Gasteiger partial charge in [0.2, 0.25) is 0 Å². The maximum Gasteiger partial charge on any atom is 1.00 e. The number of nitrogens with zero attached hydrogens (tertiary/aromatic N) is 5. The first-order chi connectivity index (χ1) is 37.9. The molecule has 0 aromatic carbocycles. The predicted molar refractivity (Wildman–Crippen MR) is 377 cm³/mol. The molecule has 0 bridgehead atoms. The van der Waals surface area contributed by atoms with Gasteiger partial charge in [0.05, 0.1) is 0 Å². The summed E-state index contributed by atoms with van der Waals surface area (Å²) in [5, 5.41) is 0. The Bertz CT molecular complexity index is 1720. The van der Waals surface area contributed by atoms with Gasteiger partial charge in [0.1, 0.15) is 0 Å². The van der Waals surface area contributed by atoms with Gasteiger partial charge in [-0.05, 0) is 150 Å². The van der Waals surface area contributed by atoms with Crippen molar-refractivity contribution in [3.63, 3.8) is 0 Å². The summed E-state index contributed by atoms with van der Waals surface area (Å²) in [5.74, 6) is 0.419. The van der Waals surface area contributed by atoms with E-state index < -0.39 is 0 Å².